The van der Waals surface area contributed by atoms with Crippen LogP contribution in [0, 0.1) is 6.92 Å². The predicted octanol–water partition coefficient (Wildman–Crippen LogP) is 2.74. The van der Waals surface area contributed by atoms with Gasteiger partial charge in [-0.1, -0.05) is 37.3 Å². The second-order valence-electron chi connectivity index (χ2n) is 7.63. The third-order valence-electron chi connectivity index (χ3n) is 5.65. The predicted molar refractivity (Wildman–Crippen MR) is 121 cm³/mol. The van der Waals surface area contributed by atoms with E-state index in [-0.39, 0.29) is 0 Å². The molecule has 1 aromatic carbocycles. The number of guanidine groups is 1. The fraction of sp³-hybridized carbons (Fsp3) is 0.478. The zero-order valence-corrected chi connectivity index (χ0v) is 18.2. The number of nitrogens with one attached hydrogen (secondary N) is 1. The smallest absolute Gasteiger partial charge is 0.193 e. The molecule has 0 bridgehead atoms. The summed E-state index contributed by atoms with van der Waals surface area (Å²) in [5.41, 5.74) is 3.77. The number of benzene rings is 1. The van der Waals surface area contributed by atoms with Gasteiger partial charge in [0.1, 0.15) is 5.82 Å². The van der Waals surface area contributed by atoms with Crippen LogP contribution in [0.15, 0.2) is 47.6 Å². The summed E-state index contributed by atoms with van der Waals surface area (Å²) in [5.74, 6) is 1.96. The van der Waals surface area contributed by atoms with Crippen molar-refractivity contribution in [3.05, 3.63) is 59.3 Å². The molecule has 1 aliphatic rings. The van der Waals surface area contributed by atoms with Gasteiger partial charge in [-0.15, -0.1) is 0 Å². The van der Waals surface area contributed by atoms with E-state index < -0.39 is 0 Å². The first-order valence-corrected chi connectivity index (χ1v) is 10.5. The van der Waals surface area contributed by atoms with Crippen LogP contribution in [-0.2, 0) is 13.1 Å². The van der Waals surface area contributed by atoms with Crippen molar-refractivity contribution in [3.63, 3.8) is 0 Å². The Morgan fingerprint density at radius 1 is 1.14 bits per heavy atom. The van der Waals surface area contributed by atoms with Gasteiger partial charge in [0.15, 0.2) is 5.96 Å². The molecule has 0 saturated carbocycles. The van der Waals surface area contributed by atoms with Crippen LogP contribution >= 0.6 is 0 Å². The molecule has 0 amide bonds. The number of pyridine rings is 1. The van der Waals surface area contributed by atoms with E-state index in [1.54, 1.807) is 0 Å². The SMILES string of the molecule is CCN1CCN(c2ccc(CNC(=NC)N(C)Cc3ccccc3C)cn2)CC1. The van der Waals surface area contributed by atoms with Crippen molar-refractivity contribution < 1.29 is 0 Å². The van der Waals surface area contributed by atoms with Gasteiger partial charge in [0, 0.05) is 59.6 Å². The molecule has 0 aliphatic carbocycles. The minimum absolute atomic E-state index is 0.710. The fourth-order valence-corrected chi connectivity index (χ4v) is 3.69. The first-order chi connectivity index (χ1) is 14.1. The summed E-state index contributed by atoms with van der Waals surface area (Å²) in [5, 5.41) is 3.45. The number of aromatic nitrogens is 1. The quantitative estimate of drug-likeness (QED) is 0.603. The summed E-state index contributed by atoms with van der Waals surface area (Å²) in [6.07, 6.45) is 1.98. The number of nitrogens with zero attached hydrogens (tertiary/aromatic N) is 5. The van der Waals surface area contributed by atoms with Gasteiger partial charge in [-0.05, 0) is 36.2 Å². The summed E-state index contributed by atoms with van der Waals surface area (Å²) < 4.78 is 0. The minimum atomic E-state index is 0.710. The average Bonchev–Trinajstić information content (AvgIpc) is 2.76. The van der Waals surface area contributed by atoms with Gasteiger partial charge >= 0.3 is 0 Å². The maximum atomic E-state index is 4.70. The molecule has 0 spiro atoms. The molecule has 1 aromatic heterocycles. The van der Waals surface area contributed by atoms with E-state index in [1.165, 1.54) is 11.1 Å². The second-order valence-corrected chi connectivity index (χ2v) is 7.63. The van der Waals surface area contributed by atoms with Crippen molar-refractivity contribution in [2.45, 2.75) is 26.9 Å². The lowest BCUT2D eigenvalue weighted by atomic mass is 10.1. The molecule has 1 N–H and O–H groups in total. The third kappa shape index (κ3) is 5.70. The number of piperazine rings is 1. The first kappa shape index (κ1) is 21.1. The highest BCUT2D eigenvalue weighted by Gasteiger charge is 2.16. The Hall–Kier alpha value is -2.60. The summed E-state index contributed by atoms with van der Waals surface area (Å²) in [6.45, 7) is 11.4. The topological polar surface area (TPSA) is 47.0 Å². The second kappa shape index (κ2) is 10.3. The molecule has 0 radical (unpaired) electrons. The first-order valence-electron chi connectivity index (χ1n) is 10.5. The molecule has 0 atom stereocenters. The molecule has 6 heteroatoms. The van der Waals surface area contributed by atoms with Crippen LogP contribution < -0.4 is 10.2 Å². The number of hydrogen-bond donors (Lipinski definition) is 1. The molecule has 29 heavy (non-hydrogen) atoms. The lowest BCUT2D eigenvalue weighted by Crippen LogP contribution is -2.46. The van der Waals surface area contributed by atoms with E-state index in [1.807, 2.05) is 13.2 Å². The highest BCUT2D eigenvalue weighted by atomic mass is 15.3. The largest absolute Gasteiger partial charge is 0.354 e. The number of anilines is 1. The monoisotopic (exact) mass is 394 g/mol. The van der Waals surface area contributed by atoms with Crippen molar-refractivity contribution >= 4 is 11.8 Å². The number of likely N-dealkylation sites (N-methyl/N-ethyl adjacent to an activating group) is 1. The Bertz CT molecular complexity index is 793. The van der Waals surface area contributed by atoms with Crippen LogP contribution in [0.2, 0.25) is 0 Å². The normalized spacial score (nSPS) is 15.4. The highest BCUT2D eigenvalue weighted by Crippen LogP contribution is 2.14. The van der Waals surface area contributed by atoms with E-state index in [4.69, 9.17) is 4.98 Å². The van der Waals surface area contributed by atoms with Crippen molar-refractivity contribution in [2.24, 2.45) is 4.99 Å². The number of hydrogen-bond acceptors (Lipinski definition) is 4. The Morgan fingerprint density at radius 3 is 2.52 bits per heavy atom. The molecule has 1 aliphatic heterocycles. The van der Waals surface area contributed by atoms with Crippen molar-refractivity contribution in [1.29, 1.82) is 0 Å². The Balaban J connectivity index is 1.52. The standard InChI is InChI=1S/C23H34N6/c1-5-28-12-14-29(15-13-28)22-11-10-20(16-25-22)17-26-23(24-3)27(4)18-21-9-7-6-8-19(21)2/h6-11,16H,5,12-15,17-18H2,1-4H3,(H,24,26). The maximum absolute atomic E-state index is 4.70. The van der Waals surface area contributed by atoms with E-state index >= 15 is 0 Å². The number of rotatable bonds is 6. The molecule has 1 fully saturated rings. The van der Waals surface area contributed by atoms with Crippen LogP contribution in [-0.4, -0.2) is 67.6 Å². The number of aryl methyl sites for hydroxylation is 1. The Morgan fingerprint density at radius 2 is 1.90 bits per heavy atom. The van der Waals surface area contributed by atoms with Crippen LogP contribution in [0.5, 0.6) is 0 Å². The maximum Gasteiger partial charge on any atom is 0.193 e. The van der Waals surface area contributed by atoms with Crippen molar-refractivity contribution in [1.82, 2.24) is 20.1 Å². The van der Waals surface area contributed by atoms with Crippen molar-refractivity contribution in [3.8, 4) is 0 Å². The fourth-order valence-electron chi connectivity index (χ4n) is 3.69. The average molecular weight is 395 g/mol. The molecule has 3 rings (SSSR count). The lowest BCUT2D eigenvalue weighted by molar-refractivity contribution is 0.270. The van der Waals surface area contributed by atoms with E-state index in [9.17, 15) is 0 Å². The van der Waals surface area contributed by atoms with E-state index in [2.05, 4.69) is 82.3 Å². The van der Waals surface area contributed by atoms with Gasteiger partial charge in [-0.2, -0.15) is 0 Å². The summed E-state index contributed by atoms with van der Waals surface area (Å²) >= 11 is 0. The van der Waals surface area contributed by atoms with E-state index in [0.717, 1.165) is 56.6 Å². The summed E-state index contributed by atoms with van der Waals surface area (Å²) in [4.78, 5) is 16.1. The van der Waals surface area contributed by atoms with Gasteiger partial charge in [0.2, 0.25) is 0 Å². The van der Waals surface area contributed by atoms with Gasteiger partial charge in [0.05, 0.1) is 0 Å². The van der Waals surface area contributed by atoms with Crippen LogP contribution in [0.1, 0.15) is 23.6 Å². The molecule has 0 unspecified atom stereocenters. The van der Waals surface area contributed by atoms with Crippen LogP contribution in [0.25, 0.3) is 0 Å². The lowest BCUT2D eigenvalue weighted by Gasteiger charge is -2.34. The molecule has 2 heterocycles. The van der Waals surface area contributed by atoms with Crippen LogP contribution in [0.3, 0.4) is 0 Å². The van der Waals surface area contributed by atoms with Gasteiger partial charge < -0.3 is 20.0 Å². The molecular weight excluding hydrogens is 360 g/mol. The van der Waals surface area contributed by atoms with Crippen LogP contribution in [0.4, 0.5) is 5.82 Å². The van der Waals surface area contributed by atoms with Gasteiger partial charge in [-0.25, -0.2) is 4.98 Å². The Kier molecular flexibility index (Phi) is 7.47. The molecule has 1 saturated heterocycles. The minimum Gasteiger partial charge on any atom is -0.354 e. The molecule has 156 valence electrons. The highest BCUT2D eigenvalue weighted by molar-refractivity contribution is 5.79. The van der Waals surface area contributed by atoms with Gasteiger partial charge in [-0.3, -0.25) is 4.99 Å². The molecular formula is C23H34N6. The summed E-state index contributed by atoms with van der Waals surface area (Å²) in [7, 11) is 3.90. The van der Waals surface area contributed by atoms with Crippen molar-refractivity contribution in [2.75, 3.05) is 51.7 Å². The Labute approximate surface area is 175 Å². The van der Waals surface area contributed by atoms with E-state index in [0.29, 0.717) is 6.54 Å². The zero-order chi connectivity index (χ0) is 20.6. The third-order valence-corrected chi connectivity index (χ3v) is 5.65. The summed E-state index contributed by atoms with van der Waals surface area (Å²) in [6, 6.07) is 12.8. The zero-order valence-electron chi connectivity index (χ0n) is 18.2. The molecule has 6 nitrogen and oxygen atoms in total. The van der Waals surface area contributed by atoms with Gasteiger partial charge in [0.25, 0.3) is 0 Å². The molecule has 2 aromatic rings. The number of aliphatic imine (C=N–C) groups is 1.